The fourth-order valence-corrected chi connectivity index (χ4v) is 6.23. The minimum absolute atomic E-state index is 0.0437. The van der Waals surface area contributed by atoms with Crippen LogP contribution in [0, 0.1) is 3.57 Å². The molecule has 1 aliphatic heterocycles. The van der Waals surface area contributed by atoms with E-state index in [1.54, 1.807) is 0 Å². The summed E-state index contributed by atoms with van der Waals surface area (Å²) in [6.45, 7) is 1.06. The summed E-state index contributed by atoms with van der Waals surface area (Å²) in [5.74, 6) is 2.56. The van der Waals surface area contributed by atoms with E-state index >= 15 is 0 Å². The molecule has 39 heavy (non-hydrogen) atoms. The van der Waals surface area contributed by atoms with Gasteiger partial charge in [0, 0.05) is 3.57 Å². The fraction of sp³-hybridized carbons (Fsp3) is 0.118. The number of fused-ring (bicyclic) bond motifs is 1. The first-order valence-corrected chi connectivity index (χ1v) is 14.8. The first-order valence-electron chi connectivity index (χ1n) is 12.9. The van der Waals surface area contributed by atoms with E-state index in [0.717, 1.165) is 44.4 Å². The van der Waals surface area contributed by atoms with Gasteiger partial charge in [-0.3, -0.25) is 0 Å². The van der Waals surface area contributed by atoms with Gasteiger partial charge in [-0.25, -0.2) is 0 Å². The Morgan fingerprint density at radius 1 is 0.615 bits per heavy atom. The number of rotatable bonds is 8. The van der Waals surface area contributed by atoms with E-state index in [-0.39, 0.29) is 11.4 Å². The zero-order chi connectivity index (χ0) is 26.4. The molecule has 0 aromatic heterocycles. The zero-order valence-electron chi connectivity index (χ0n) is 21.2. The molecule has 0 unspecified atom stereocenters. The van der Waals surface area contributed by atoms with E-state index in [4.69, 9.17) is 14.2 Å². The van der Waals surface area contributed by atoms with Gasteiger partial charge in [-0.1, -0.05) is 84.9 Å². The molecule has 5 heteroatoms. The van der Waals surface area contributed by atoms with Gasteiger partial charge in [0.25, 0.3) is 0 Å². The Labute approximate surface area is 247 Å². The smallest absolute Gasteiger partial charge is 0.140 e. The Bertz CT molecular complexity index is 1520. The third-order valence-electron chi connectivity index (χ3n) is 6.58. The maximum atomic E-state index is 6.69. The molecule has 1 heterocycles. The van der Waals surface area contributed by atoms with E-state index in [0.29, 0.717) is 13.2 Å². The fourth-order valence-electron chi connectivity index (χ4n) is 4.57. The van der Waals surface area contributed by atoms with E-state index in [1.807, 2.05) is 66.4 Å². The Morgan fingerprint density at radius 2 is 1.26 bits per heavy atom. The van der Waals surface area contributed by atoms with Crippen molar-refractivity contribution in [3.05, 3.63) is 153 Å². The summed E-state index contributed by atoms with van der Waals surface area (Å²) >= 11 is 4.16. The van der Waals surface area contributed by atoms with E-state index < -0.39 is 0 Å². The van der Waals surface area contributed by atoms with Crippen molar-refractivity contribution in [1.29, 1.82) is 0 Å². The van der Waals surface area contributed by atoms with Crippen LogP contribution in [-0.2, 0) is 13.2 Å². The highest BCUT2D eigenvalue weighted by atomic mass is 127. The van der Waals surface area contributed by atoms with Crippen LogP contribution in [0.4, 0.5) is 0 Å². The van der Waals surface area contributed by atoms with Crippen molar-refractivity contribution in [1.82, 2.24) is 0 Å². The topological polar surface area (TPSA) is 27.7 Å². The molecule has 0 N–H and O–H groups in total. The largest absolute Gasteiger partial charge is 0.489 e. The van der Waals surface area contributed by atoms with Crippen molar-refractivity contribution < 1.29 is 14.2 Å². The predicted molar refractivity (Wildman–Crippen MR) is 166 cm³/mol. The molecule has 0 radical (unpaired) electrons. The summed E-state index contributed by atoms with van der Waals surface area (Å²) in [4.78, 5) is 1.07. The Morgan fingerprint density at radius 3 is 1.92 bits per heavy atom. The second-order valence-electron chi connectivity index (χ2n) is 9.36. The van der Waals surface area contributed by atoms with Crippen LogP contribution in [-0.4, -0.2) is 0 Å². The van der Waals surface area contributed by atoms with E-state index in [2.05, 4.69) is 95.4 Å². The highest BCUT2D eigenvalue weighted by Crippen LogP contribution is 2.54. The number of halogens is 1. The van der Waals surface area contributed by atoms with Crippen molar-refractivity contribution >= 4 is 34.4 Å². The SMILES string of the molecule is Ic1ccc([C@H]2Oc3ccc(OCc4ccccc4)cc3S[C@H]2c2cccc(OCc3ccccc3)c2)cc1. The van der Waals surface area contributed by atoms with Gasteiger partial charge in [-0.15, -0.1) is 11.8 Å². The highest BCUT2D eigenvalue weighted by molar-refractivity contribution is 14.1. The van der Waals surface area contributed by atoms with Gasteiger partial charge >= 0.3 is 0 Å². The molecule has 2 atom stereocenters. The van der Waals surface area contributed by atoms with Gasteiger partial charge < -0.3 is 14.2 Å². The minimum Gasteiger partial charge on any atom is -0.489 e. The van der Waals surface area contributed by atoms with Crippen molar-refractivity contribution in [3.8, 4) is 17.2 Å². The molecule has 0 amide bonds. The third-order valence-corrected chi connectivity index (χ3v) is 8.65. The molecule has 5 aromatic rings. The molecular formula is C34H27IO3S. The Balaban J connectivity index is 1.27. The molecule has 194 valence electrons. The lowest BCUT2D eigenvalue weighted by Crippen LogP contribution is -2.19. The van der Waals surface area contributed by atoms with Gasteiger partial charge in [0.15, 0.2) is 0 Å². The van der Waals surface area contributed by atoms with E-state index in [1.165, 1.54) is 3.57 Å². The molecule has 0 saturated heterocycles. The van der Waals surface area contributed by atoms with Crippen LogP contribution in [0.2, 0.25) is 0 Å². The molecule has 1 aliphatic rings. The average Bonchev–Trinajstić information content (AvgIpc) is 3.00. The first-order chi connectivity index (χ1) is 19.2. The molecule has 0 aliphatic carbocycles. The molecular weight excluding hydrogens is 615 g/mol. The minimum atomic E-state index is -0.139. The monoisotopic (exact) mass is 642 g/mol. The predicted octanol–water partition coefficient (Wildman–Crippen LogP) is 9.42. The van der Waals surface area contributed by atoms with Gasteiger partial charge in [0.1, 0.15) is 36.6 Å². The normalized spacial score (nSPS) is 16.1. The standard InChI is InChI=1S/C34H27IO3S/c35-28-16-14-26(15-17-28)33-34(27-12-7-13-29(20-27)36-22-24-8-3-1-4-9-24)39-32-21-30(18-19-31(32)38-33)37-23-25-10-5-2-6-11-25/h1-21,33-34H,22-23H2/t33-,34+/m1/s1. The van der Waals surface area contributed by atoms with Crippen LogP contribution < -0.4 is 14.2 Å². The van der Waals surface area contributed by atoms with Crippen LogP contribution >= 0.6 is 34.4 Å². The maximum absolute atomic E-state index is 6.69. The molecule has 5 aromatic carbocycles. The third kappa shape index (κ3) is 6.43. The summed E-state index contributed by atoms with van der Waals surface area (Å²) in [6, 6.07) is 43.6. The van der Waals surface area contributed by atoms with Gasteiger partial charge in [-0.2, -0.15) is 0 Å². The van der Waals surface area contributed by atoms with Gasteiger partial charge in [0.2, 0.25) is 0 Å². The van der Waals surface area contributed by atoms with Crippen LogP contribution in [0.15, 0.2) is 132 Å². The van der Waals surface area contributed by atoms with Gasteiger partial charge in [0.05, 0.1) is 10.1 Å². The second kappa shape index (κ2) is 12.2. The number of thioether (sulfide) groups is 1. The van der Waals surface area contributed by atoms with Crippen LogP contribution in [0.25, 0.3) is 0 Å². The summed E-state index contributed by atoms with van der Waals surface area (Å²) < 4.78 is 20.2. The zero-order valence-corrected chi connectivity index (χ0v) is 24.2. The van der Waals surface area contributed by atoms with Crippen molar-refractivity contribution in [2.75, 3.05) is 0 Å². The van der Waals surface area contributed by atoms with Crippen LogP contribution in [0.1, 0.15) is 33.6 Å². The number of hydrogen-bond donors (Lipinski definition) is 0. The Hall–Kier alpha value is -3.42. The molecule has 0 fully saturated rings. The quantitative estimate of drug-likeness (QED) is 0.158. The highest BCUT2D eigenvalue weighted by Gasteiger charge is 2.34. The van der Waals surface area contributed by atoms with Crippen molar-refractivity contribution in [3.63, 3.8) is 0 Å². The average molecular weight is 643 g/mol. The molecule has 3 nitrogen and oxygen atoms in total. The van der Waals surface area contributed by atoms with Crippen molar-refractivity contribution in [2.45, 2.75) is 29.5 Å². The molecule has 0 spiro atoms. The van der Waals surface area contributed by atoms with Crippen LogP contribution in [0.3, 0.4) is 0 Å². The summed E-state index contributed by atoms with van der Waals surface area (Å²) in [7, 11) is 0. The second-order valence-corrected chi connectivity index (χ2v) is 11.8. The lowest BCUT2D eigenvalue weighted by Gasteiger charge is -2.34. The number of benzene rings is 5. The van der Waals surface area contributed by atoms with Crippen LogP contribution in [0.5, 0.6) is 17.2 Å². The Kier molecular flexibility index (Phi) is 8.07. The number of ether oxygens (including phenoxy) is 3. The summed E-state index contributed by atoms with van der Waals surface area (Å²) in [5, 5.41) is 0.0437. The molecule has 0 bridgehead atoms. The first kappa shape index (κ1) is 25.8. The summed E-state index contributed by atoms with van der Waals surface area (Å²) in [5.41, 5.74) is 4.60. The summed E-state index contributed by atoms with van der Waals surface area (Å²) in [6.07, 6.45) is -0.139. The van der Waals surface area contributed by atoms with E-state index in [9.17, 15) is 0 Å². The van der Waals surface area contributed by atoms with Crippen molar-refractivity contribution in [2.24, 2.45) is 0 Å². The molecule has 0 saturated carbocycles. The van der Waals surface area contributed by atoms with Gasteiger partial charge in [-0.05, 0) is 87.3 Å². The number of hydrogen-bond acceptors (Lipinski definition) is 4. The molecule has 6 rings (SSSR count). The lowest BCUT2D eigenvalue weighted by atomic mass is 10.00. The lowest BCUT2D eigenvalue weighted by molar-refractivity contribution is 0.190. The maximum Gasteiger partial charge on any atom is 0.140 e.